The van der Waals surface area contributed by atoms with Crippen LogP contribution < -0.4 is 10.6 Å². The lowest BCUT2D eigenvalue weighted by atomic mass is 10.1. The predicted octanol–water partition coefficient (Wildman–Crippen LogP) is 4.39. The monoisotopic (exact) mass is 402 g/mol. The minimum absolute atomic E-state index is 0.0783. The highest BCUT2D eigenvalue weighted by molar-refractivity contribution is 8.01. The first-order chi connectivity index (χ1) is 11.5. The normalized spacial score (nSPS) is 15.1. The van der Waals surface area contributed by atoms with Crippen LogP contribution in [0, 0.1) is 0 Å². The van der Waals surface area contributed by atoms with Crippen LogP contribution in [0.5, 0.6) is 0 Å². The van der Waals surface area contributed by atoms with E-state index >= 15 is 0 Å². The van der Waals surface area contributed by atoms with Crippen LogP contribution in [0.2, 0.25) is 10.0 Å². The summed E-state index contributed by atoms with van der Waals surface area (Å²) in [6.45, 7) is 1.89. The molecular formula is C15H16Cl2N4OS2. The minimum Gasteiger partial charge on any atom is -0.357 e. The van der Waals surface area contributed by atoms with Gasteiger partial charge in [0.05, 0.1) is 11.8 Å². The number of rotatable bonds is 7. The number of carbonyl (C=O) groups excluding carboxylic acids is 1. The van der Waals surface area contributed by atoms with Crippen molar-refractivity contribution in [3.63, 3.8) is 0 Å². The summed E-state index contributed by atoms with van der Waals surface area (Å²) in [6, 6.07) is 5.61. The number of nitrogens with one attached hydrogen (secondary N) is 2. The average molecular weight is 403 g/mol. The van der Waals surface area contributed by atoms with Crippen LogP contribution in [-0.2, 0) is 4.79 Å². The molecule has 1 aromatic carbocycles. The van der Waals surface area contributed by atoms with Gasteiger partial charge >= 0.3 is 0 Å². The van der Waals surface area contributed by atoms with E-state index in [0.717, 1.165) is 15.0 Å². The maximum atomic E-state index is 12.1. The number of benzene rings is 1. The van der Waals surface area contributed by atoms with Gasteiger partial charge < -0.3 is 10.6 Å². The minimum atomic E-state index is -0.190. The number of nitrogens with zero attached hydrogens (tertiary/aromatic N) is 2. The van der Waals surface area contributed by atoms with Crippen molar-refractivity contribution in [2.45, 2.75) is 36.2 Å². The Morgan fingerprint density at radius 3 is 2.92 bits per heavy atom. The molecule has 0 unspecified atom stereocenters. The Balaban J connectivity index is 1.48. The highest BCUT2D eigenvalue weighted by Crippen LogP contribution is 2.30. The number of amides is 1. The lowest BCUT2D eigenvalue weighted by Crippen LogP contribution is -2.28. The van der Waals surface area contributed by atoms with Gasteiger partial charge in [0.2, 0.25) is 11.0 Å². The van der Waals surface area contributed by atoms with Crippen LogP contribution in [0.25, 0.3) is 0 Å². The smallest absolute Gasteiger partial charge is 0.230 e. The van der Waals surface area contributed by atoms with E-state index in [-0.39, 0.29) is 17.7 Å². The Bertz CT molecular complexity index is 736. The molecule has 0 saturated heterocycles. The Kier molecular flexibility index (Phi) is 5.86. The summed E-state index contributed by atoms with van der Waals surface area (Å²) in [7, 11) is 0. The number of hydrogen-bond acceptors (Lipinski definition) is 6. The average Bonchev–Trinajstić information content (AvgIpc) is 3.21. The molecule has 24 heavy (non-hydrogen) atoms. The molecule has 1 aliphatic rings. The van der Waals surface area contributed by atoms with Gasteiger partial charge in [-0.2, -0.15) is 0 Å². The molecule has 2 N–H and O–H groups in total. The fraction of sp³-hybridized carbons (Fsp3) is 0.400. The highest BCUT2D eigenvalue weighted by Gasteiger charge is 2.22. The van der Waals surface area contributed by atoms with Crippen molar-refractivity contribution >= 4 is 57.3 Å². The van der Waals surface area contributed by atoms with Crippen molar-refractivity contribution < 1.29 is 4.79 Å². The molecule has 128 valence electrons. The van der Waals surface area contributed by atoms with Gasteiger partial charge in [0.25, 0.3) is 0 Å². The van der Waals surface area contributed by atoms with Gasteiger partial charge in [-0.1, -0.05) is 52.4 Å². The van der Waals surface area contributed by atoms with Gasteiger partial charge in [-0.05, 0) is 37.5 Å². The quantitative estimate of drug-likeness (QED) is 0.672. The van der Waals surface area contributed by atoms with Crippen molar-refractivity contribution in [2.75, 3.05) is 11.1 Å². The van der Waals surface area contributed by atoms with Gasteiger partial charge in [-0.15, -0.1) is 10.2 Å². The molecule has 1 heterocycles. The van der Waals surface area contributed by atoms with Gasteiger partial charge in [0, 0.05) is 16.1 Å². The van der Waals surface area contributed by atoms with E-state index in [1.54, 1.807) is 12.1 Å². The fourth-order valence-corrected chi connectivity index (χ4v) is 4.28. The van der Waals surface area contributed by atoms with E-state index in [0.29, 0.717) is 16.1 Å². The number of thioether (sulfide) groups is 1. The molecular weight excluding hydrogens is 387 g/mol. The van der Waals surface area contributed by atoms with Crippen molar-refractivity contribution in [2.24, 2.45) is 0 Å². The second-order valence-electron chi connectivity index (χ2n) is 5.54. The summed E-state index contributed by atoms with van der Waals surface area (Å²) in [5.74, 6) is 0.207. The first-order valence-corrected chi connectivity index (χ1v) is 10.0. The van der Waals surface area contributed by atoms with Crippen molar-refractivity contribution in [1.82, 2.24) is 15.5 Å². The highest BCUT2D eigenvalue weighted by atomic mass is 35.5. The van der Waals surface area contributed by atoms with Crippen LogP contribution in [0.1, 0.15) is 31.4 Å². The Morgan fingerprint density at radius 2 is 2.21 bits per heavy atom. The van der Waals surface area contributed by atoms with Crippen molar-refractivity contribution in [3.05, 3.63) is 33.8 Å². The Morgan fingerprint density at radius 1 is 1.42 bits per heavy atom. The maximum Gasteiger partial charge on any atom is 0.230 e. The fourth-order valence-electron chi connectivity index (χ4n) is 2.07. The predicted molar refractivity (Wildman–Crippen MR) is 100 cm³/mol. The molecule has 1 atom stereocenters. The van der Waals surface area contributed by atoms with Gasteiger partial charge in [0.15, 0.2) is 4.34 Å². The number of anilines is 1. The summed E-state index contributed by atoms with van der Waals surface area (Å²) >= 11 is 14.9. The molecule has 5 nitrogen and oxygen atoms in total. The standard InChI is InChI=1S/C15H16Cl2N4OS2/c1-8(11-5-2-9(16)6-12(11)17)18-13(22)7-23-15-21-20-14(24-15)19-10-3-4-10/h2,5-6,8,10H,3-4,7H2,1H3,(H,18,22)(H,19,20)/t8-/m1/s1. The molecule has 2 aromatic rings. The Hall–Kier alpha value is -1.02. The van der Waals surface area contributed by atoms with Crippen LogP contribution in [0.3, 0.4) is 0 Å². The van der Waals surface area contributed by atoms with Crippen LogP contribution in [-0.4, -0.2) is 27.9 Å². The third-order valence-electron chi connectivity index (χ3n) is 3.44. The van der Waals surface area contributed by atoms with Crippen molar-refractivity contribution in [3.8, 4) is 0 Å². The molecule has 1 amide bonds. The molecule has 9 heteroatoms. The summed E-state index contributed by atoms with van der Waals surface area (Å²) in [6.07, 6.45) is 2.38. The zero-order chi connectivity index (χ0) is 17.1. The van der Waals surface area contributed by atoms with Crippen LogP contribution in [0.15, 0.2) is 22.5 Å². The first kappa shape index (κ1) is 17.8. The van der Waals surface area contributed by atoms with Crippen LogP contribution in [0.4, 0.5) is 5.13 Å². The van der Waals surface area contributed by atoms with Crippen LogP contribution >= 0.6 is 46.3 Å². The van der Waals surface area contributed by atoms with E-state index in [2.05, 4.69) is 20.8 Å². The Labute approximate surface area is 158 Å². The van der Waals surface area contributed by atoms with E-state index in [9.17, 15) is 4.79 Å². The van der Waals surface area contributed by atoms with Crippen molar-refractivity contribution in [1.29, 1.82) is 0 Å². The van der Waals surface area contributed by atoms with Gasteiger partial charge in [0.1, 0.15) is 0 Å². The summed E-state index contributed by atoms with van der Waals surface area (Å²) in [4.78, 5) is 12.1. The van der Waals surface area contributed by atoms with Gasteiger partial charge in [-0.25, -0.2) is 0 Å². The second kappa shape index (κ2) is 7.91. The van der Waals surface area contributed by atoms with E-state index in [4.69, 9.17) is 23.2 Å². The molecule has 0 radical (unpaired) electrons. The molecule has 1 aliphatic carbocycles. The van der Waals surface area contributed by atoms with E-state index in [1.165, 1.54) is 35.9 Å². The summed E-state index contributed by atoms with van der Waals surface area (Å²) in [5.41, 5.74) is 0.839. The lowest BCUT2D eigenvalue weighted by molar-refractivity contribution is -0.119. The third kappa shape index (κ3) is 4.99. The molecule has 1 aromatic heterocycles. The molecule has 1 saturated carbocycles. The maximum absolute atomic E-state index is 12.1. The molecule has 0 bridgehead atoms. The topological polar surface area (TPSA) is 66.9 Å². The molecule has 1 fully saturated rings. The second-order valence-corrected chi connectivity index (χ2v) is 8.58. The number of halogens is 2. The summed E-state index contributed by atoms with van der Waals surface area (Å²) in [5, 5.41) is 16.3. The lowest BCUT2D eigenvalue weighted by Gasteiger charge is -2.15. The zero-order valence-corrected chi connectivity index (χ0v) is 16.0. The number of carbonyl (C=O) groups is 1. The largest absolute Gasteiger partial charge is 0.357 e. The molecule has 3 rings (SSSR count). The third-order valence-corrected chi connectivity index (χ3v) is 5.99. The van der Waals surface area contributed by atoms with E-state index < -0.39 is 0 Å². The zero-order valence-electron chi connectivity index (χ0n) is 12.9. The molecule has 0 spiro atoms. The number of aromatic nitrogens is 2. The summed E-state index contributed by atoms with van der Waals surface area (Å²) < 4.78 is 0.783. The van der Waals surface area contributed by atoms with E-state index in [1.807, 2.05) is 13.0 Å². The van der Waals surface area contributed by atoms with Gasteiger partial charge in [-0.3, -0.25) is 4.79 Å². The SMILES string of the molecule is C[C@@H](NC(=O)CSc1nnc(NC2CC2)s1)c1ccc(Cl)cc1Cl. The number of hydrogen-bond donors (Lipinski definition) is 2. The first-order valence-electron chi connectivity index (χ1n) is 7.48. The molecule has 0 aliphatic heterocycles.